The number of fused-ring (bicyclic) bond motifs is 5. The standard InChI is InChI=1S/C43H79N7O7/c1-5-6-7-8-9-10-11-12-22-47-37(51)16-13-29(2)32-14-15-33-38-34(28-36(43(32,33)4)57-41(54)50-25-21-46)42(3)18-17-31(55-39(52)48-23-19-44)26-30(42)27-35(38)56-40(53)49-24-20-45/h29-36,38H,5-28,44-46H2,1-4H3,(H,47,51)(H,48,52)(H,49,53)(H,50,54)/t29-,30+,31-,32-,33+,34+,35-,36+,38+,42+,43-/m1/s1. The van der Waals surface area contributed by atoms with Gasteiger partial charge in [-0.15, -0.1) is 0 Å². The van der Waals surface area contributed by atoms with Gasteiger partial charge in [0.1, 0.15) is 18.3 Å². The van der Waals surface area contributed by atoms with Crippen molar-refractivity contribution in [3.8, 4) is 0 Å². The molecule has 4 aliphatic carbocycles. The van der Waals surface area contributed by atoms with Gasteiger partial charge in [-0.2, -0.15) is 0 Å². The number of ether oxygens (including phenoxy) is 3. The van der Waals surface area contributed by atoms with Gasteiger partial charge in [-0.05, 0) is 92.8 Å². The largest absolute Gasteiger partial charge is 0.446 e. The van der Waals surface area contributed by atoms with Crippen molar-refractivity contribution in [3.63, 3.8) is 0 Å². The zero-order valence-corrected chi connectivity index (χ0v) is 35.8. The van der Waals surface area contributed by atoms with E-state index in [1.165, 1.54) is 38.5 Å². The molecule has 4 amide bonds. The van der Waals surface area contributed by atoms with Gasteiger partial charge in [-0.1, -0.05) is 72.6 Å². The van der Waals surface area contributed by atoms with Gasteiger partial charge in [0.25, 0.3) is 0 Å². The van der Waals surface area contributed by atoms with E-state index in [9.17, 15) is 19.2 Å². The van der Waals surface area contributed by atoms with Gasteiger partial charge < -0.3 is 52.7 Å². The highest BCUT2D eigenvalue weighted by Gasteiger charge is 2.68. The summed E-state index contributed by atoms with van der Waals surface area (Å²) in [5, 5.41) is 11.6. The van der Waals surface area contributed by atoms with Gasteiger partial charge >= 0.3 is 18.3 Å². The van der Waals surface area contributed by atoms with Crippen LogP contribution in [0.15, 0.2) is 0 Å². The van der Waals surface area contributed by atoms with Crippen molar-refractivity contribution in [1.82, 2.24) is 21.3 Å². The van der Waals surface area contributed by atoms with Gasteiger partial charge in [0.2, 0.25) is 5.91 Å². The van der Waals surface area contributed by atoms with E-state index in [2.05, 4.69) is 49.0 Å². The van der Waals surface area contributed by atoms with Crippen molar-refractivity contribution in [2.75, 3.05) is 45.8 Å². The Morgan fingerprint density at radius 2 is 1.28 bits per heavy atom. The lowest BCUT2D eigenvalue weighted by atomic mass is 9.43. The predicted octanol–water partition coefficient (Wildman–Crippen LogP) is 5.70. The van der Waals surface area contributed by atoms with Crippen molar-refractivity contribution < 1.29 is 33.4 Å². The van der Waals surface area contributed by atoms with Crippen molar-refractivity contribution in [2.45, 2.75) is 155 Å². The molecule has 0 bridgehead atoms. The number of nitrogens with two attached hydrogens (primary N) is 3. The number of alkyl carbamates (subject to hydrolysis) is 3. The number of unbranched alkanes of at least 4 members (excludes halogenated alkanes) is 7. The third kappa shape index (κ3) is 12.3. The van der Waals surface area contributed by atoms with Crippen molar-refractivity contribution in [2.24, 2.45) is 63.5 Å². The fraction of sp³-hybridized carbons (Fsp3) is 0.907. The molecule has 0 aromatic carbocycles. The van der Waals surface area contributed by atoms with Crippen LogP contribution in [-0.2, 0) is 19.0 Å². The summed E-state index contributed by atoms with van der Waals surface area (Å²) in [6.07, 6.45) is 14.0. The minimum absolute atomic E-state index is 0.0456. The minimum atomic E-state index is -0.472. The average molecular weight is 806 g/mol. The first-order valence-corrected chi connectivity index (χ1v) is 22.6. The highest BCUT2D eigenvalue weighted by Crippen LogP contribution is 2.69. The van der Waals surface area contributed by atoms with Gasteiger partial charge in [-0.25, -0.2) is 14.4 Å². The zero-order valence-electron chi connectivity index (χ0n) is 35.8. The van der Waals surface area contributed by atoms with Crippen LogP contribution in [0.25, 0.3) is 0 Å². The molecule has 11 atom stereocenters. The van der Waals surface area contributed by atoms with Crippen LogP contribution in [0.4, 0.5) is 14.4 Å². The molecule has 4 fully saturated rings. The molecule has 4 rings (SSSR count). The molecule has 4 aliphatic rings. The Hall–Kier alpha value is -2.84. The van der Waals surface area contributed by atoms with Gasteiger partial charge in [0, 0.05) is 63.6 Å². The van der Waals surface area contributed by atoms with E-state index < -0.39 is 23.7 Å². The molecule has 328 valence electrons. The van der Waals surface area contributed by atoms with E-state index >= 15 is 0 Å². The summed E-state index contributed by atoms with van der Waals surface area (Å²) in [5.41, 5.74) is 16.5. The van der Waals surface area contributed by atoms with E-state index in [0.717, 1.165) is 51.5 Å². The second kappa shape index (κ2) is 23.1. The molecule has 0 aliphatic heterocycles. The smallest absolute Gasteiger partial charge is 0.407 e. The Kier molecular flexibility index (Phi) is 19.0. The zero-order chi connectivity index (χ0) is 41.4. The molecule has 14 nitrogen and oxygen atoms in total. The maximum atomic E-state index is 13.4. The molecule has 14 heteroatoms. The van der Waals surface area contributed by atoms with E-state index in [1.807, 2.05) is 0 Å². The molecule has 10 N–H and O–H groups in total. The first-order chi connectivity index (χ1) is 27.4. The van der Waals surface area contributed by atoms with E-state index in [4.69, 9.17) is 31.4 Å². The summed E-state index contributed by atoms with van der Waals surface area (Å²) < 4.78 is 18.7. The Morgan fingerprint density at radius 3 is 1.91 bits per heavy atom. The van der Waals surface area contributed by atoms with Crippen molar-refractivity contribution in [3.05, 3.63) is 0 Å². The Bertz CT molecular complexity index is 1280. The fourth-order valence-electron chi connectivity index (χ4n) is 11.7. The second-order valence-electron chi connectivity index (χ2n) is 18.1. The monoisotopic (exact) mass is 806 g/mol. The molecule has 0 spiro atoms. The molecule has 0 unspecified atom stereocenters. The second-order valence-corrected chi connectivity index (χ2v) is 18.1. The molecular weight excluding hydrogens is 727 g/mol. The Balaban J connectivity index is 1.52. The van der Waals surface area contributed by atoms with Crippen molar-refractivity contribution in [1.29, 1.82) is 0 Å². The molecule has 0 radical (unpaired) electrons. The first kappa shape index (κ1) is 46.8. The average Bonchev–Trinajstić information content (AvgIpc) is 3.55. The van der Waals surface area contributed by atoms with Crippen LogP contribution in [0, 0.1) is 46.3 Å². The van der Waals surface area contributed by atoms with E-state index in [-0.39, 0.29) is 65.1 Å². The molecule has 57 heavy (non-hydrogen) atoms. The number of carbonyl (C=O) groups excluding carboxylic acids is 4. The van der Waals surface area contributed by atoms with Gasteiger partial charge in [0.05, 0.1) is 0 Å². The fourth-order valence-corrected chi connectivity index (χ4v) is 11.7. The Labute approximate surface area is 342 Å². The molecular formula is C43H79N7O7. The maximum absolute atomic E-state index is 13.4. The first-order valence-electron chi connectivity index (χ1n) is 22.6. The van der Waals surface area contributed by atoms with Crippen LogP contribution < -0.4 is 38.5 Å². The number of hydrogen-bond donors (Lipinski definition) is 7. The molecule has 0 aromatic heterocycles. The van der Waals surface area contributed by atoms with Gasteiger partial charge in [0.15, 0.2) is 0 Å². The predicted molar refractivity (Wildman–Crippen MR) is 222 cm³/mol. The Morgan fingerprint density at radius 1 is 0.684 bits per heavy atom. The molecule has 4 saturated carbocycles. The summed E-state index contributed by atoms with van der Waals surface area (Å²) >= 11 is 0. The summed E-state index contributed by atoms with van der Waals surface area (Å²) in [4.78, 5) is 52.3. The van der Waals surface area contributed by atoms with Gasteiger partial charge in [-0.3, -0.25) is 4.79 Å². The van der Waals surface area contributed by atoms with Crippen LogP contribution in [0.3, 0.4) is 0 Å². The topological polar surface area (TPSA) is 222 Å². The number of amides is 4. The molecule has 0 heterocycles. The third-order valence-corrected chi connectivity index (χ3v) is 14.6. The molecule has 0 saturated heterocycles. The maximum Gasteiger partial charge on any atom is 0.407 e. The van der Waals surface area contributed by atoms with Crippen LogP contribution in [0.2, 0.25) is 0 Å². The summed E-state index contributed by atoms with van der Waals surface area (Å²) in [6, 6.07) is 0. The lowest BCUT2D eigenvalue weighted by Gasteiger charge is -2.64. The SMILES string of the molecule is CCCCCCCCCCNC(=O)CC[C@@H](C)[C@H]1CC[C@H]2[C@@H]3[C@H](OC(=O)NCCN)C[C@@H]4C[C@H](OC(=O)NCCN)CC[C@]4(C)[C@H]3C[C@H](OC(=O)NCCN)[C@]12C. The van der Waals surface area contributed by atoms with E-state index in [1.54, 1.807) is 0 Å². The lowest BCUT2D eigenvalue weighted by molar-refractivity contribution is -0.206. The van der Waals surface area contributed by atoms with Crippen LogP contribution in [-0.4, -0.2) is 88.3 Å². The highest BCUT2D eigenvalue weighted by molar-refractivity contribution is 5.75. The number of nitrogens with one attached hydrogen (secondary N) is 4. The highest BCUT2D eigenvalue weighted by atomic mass is 16.6. The number of hydrogen-bond acceptors (Lipinski definition) is 10. The van der Waals surface area contributed by atoms with Crippen LogP contribution in [0.5, 0.6) is 0 Å². The summed E-state index contributed by atoms with van der Waals surface area (Å²) in [7, 11) is 0. The normalized spacial score (nSPS) is 32.1. The van der Waals surface area contributed by atoms with Crippen LogP contribution >= 0.6 is 0 Å². The molecule has 0 aromatic rings. The van der Waals surface area contributed by atoms with Crippen LogP contribution in [0.1, 0.15) is 137 Å². The number of carbonyl (C=O) groups is 4. The number of rotatable bonds is 22. The third-order valence-electron chi connectivity index (χ3n) is 14.6. The minimum Gasteiger partial charge on any atom is -0.446 e. The quantitative estimate of drug-likeness (QED) is 0.0523. The summed E-state index contributed by atoms with van der Waals surface area (Å²) in [5.74, 6) is 0.880. The van der Waals surface area contributed by atoms with Crippen molar-refractivity contribution >= 4 is 24.2 Å². The van der Waals surface area contributed by atoms with E-state index in [0.29, 0.717) is 65.0 Å². The lowest BCUT2D eigenvalue weighted by Crippen LogP contribution is -2.64. The summed E-state index contributed by atoms with van der Waals surface area (Å²) in [6.45, 7) is 11.8.